The summed E-state index contributed by atoms with van der Waals surface area (Å²) < 4.78 is 32.6. The molecule has 2 atom stereocenters. The number of benzene rings is 4. The summed E-state index contributed by atoms with van der Waals surface area (Å²) in [5.74, 6) is -2.72. The maximum atomic E-state index is 13.2. The van der Waals surface area contributed by atoms with Crippen LogP contribution in [0, 0.1) is 0 Å². The Hall–Kier alpha value is -7.02. The van der Waals surface area contributed by atoms with Crippen molar-refractivity contribution in [3.63, 3.8) is 0 Å². The van der Waals surface area contributed by atoms with Crippen molar-refractivity contribution in [1.29, 1.82) is 0 Å². The number of carbonyl (C=O) groups is 6. The Bertz CT molecular complexity index is 2010. The number of ether oxygens (including phenoxy) is 6. The summed E-state index contributed by atoms with van der Waals surface area (Å²) in [6.45, 7) is 8.61. The van der Waals surface area contributed by atoms with E-state index in [1.165, 1.54) is 7.05 Å². The zero-order chi connectivity index (χ0) is 44.3. The quantitative estimate of drug-likeness (QED) is 0.0219. The van der Waals surface area contributed by atoms with Crippen molar-refractivity contribution in [2.24, 2.45) is 0 Å². The van der Waals surface area contributed by atoms with Gasteiger partial charge in [0, 0.05) is 19.2 Å². The second kappa shape index (κ2) is 23.7. The number of nitrogens with zero attached hydrogens (tertiary/aromatic N) is 1. The molecule has 0 radical (unpaired) electrons. The lowest BCUT2D eigenvalue weighted by atomic mass is 10.0. The van der Waals surface area contributed by atoms with Crippen molar-refractivity contribution in [1.82, 2.24) is 4.90 Å². The largest absolute Gasteiger partial charge is 0.494 e. The summed E-state index contributed by atoms with van der Waals surface area (Å²) in [5, 5.41) is 0. The van der Waals surface area contributed by atoms with Gasteiger partial charge in [0.25, 0.3) is 11.8 Å². The van der Waals surface area contributed by atoms with Gasteiger partial charge in [0.2, 0.25) is 12.2 Å². The van der Waals surface area contributed by atoms with Crippen molar-refractivity contribution in [3.05, 3.63) is 133 Å². The van der Waals surface area contributed by atoms with Gasteiger partial charge < -0.3 is 28.4 Å². The van der Waals surface area contributed by atoms with Crippen LogP contribution in [0.4, 0.5) is 0 Å². The molecule has 0 bridgehead atoms. The number of unbranched alkanes of at least 4 members (excludes halogenated alkanes) is 6. The van der Waals surface area contributed by atoms with Gasteiger partial charge in [-0.3, -0.25) is 14.5 Å². The number of hydrogen-bond donors (Lipinski definition) is 0. The maximum absolute atomic E-state index is 13.2. The minimum absolute atomic E-state index is 0.139. The first-order valence-electron chi connectivity index (χ1n) is 20.6. The van der Waals surface area contributed by atoms with Crippen molar-refractivity contribution in [2.75, 3.05) is 33.5 Å². The summed E-state index contributed by atoms with van der Waals surface area (Å²) in [7, 11) is 1.24. The number of amides is 2. The van der Waals surface area contributed by atoms with Crippen LogP contribution < -0.4 is 9.47 Å². The molecule has 4 aromatic rings. The highest BCUT2D eigenvalue weighted by atomic mass is 16.6. The third-order valence-corrected chi connectivity index (χ3v) is 9.94. The van der Waals surface area contributed by atoms with E-state index in [0.717, 1.165) is 102 Å². The van der Waals surface area contributed by atoms with E-state index in [4.69, 9.17) is 28.4 Å². The lowest BCUT2D eigenvalue weighted by molar-refractivity contribution is -0.140. The highest BCUT2D eigenvalue weighted by Crippen LogP contribution is 2.27. The Morgan fingerprint density at radius 3 is 1.11 bits per heavy atom. The molecule has 1 aliphatic heterocycles. The Morgan fingerprint density at radius 2 is 0.790 bits per heavy atom. The van der Waals surface area contributed by atoms with E-state index in [1.807, 2.05) is 48.5 Å². The van der Waals surface area contributed by atoms with Crippen molar-refractivity contribution in [3.8, 4) is 33.8 Å². The zero-order valence-electron chi connectivity index (χ0n) is 34.8. The minimum Gasteiger partial charge on any atom is -0.494 e. The molecule has 0 spiro atoms. The van der Waals surface area contributed by atoms with E-state index in [0.29, 0.717) is 26.4 Å². The summed E-state index contributed by atoms with van der Waals surface area (Å²) >= 11 is 0. The van der Waals surface area contributed by atoms with Crippen molar-refractivity contribution >= 4 is 35.7 Å². The van der Waals surface area contributed by atoms with Crippen LogP contribution in [0.15, 0.2) is 122 Å². The van der Waals surface area contributed by atoms with Crippen LogP contribution >= 0.6 is 0 Å². The molecule has 4 aromatic carbocycles. The lowest BCUT2D eigenvalue weighted by Gasteiger charge is -2.17. The lowest BCUT2D eigenvalue weighted by Crippen LogP contribution is -2.37. The van der Waals surface area contributed by atoms with E-state index >= 15 is 0 Å². The number of carbonyl (C=O) groups excluding carboxylic acids is 6. The maximum Gasteiger partial charge on any atom is 0.339 e. The number of esters is 4. The molecular weight excluding hydrogens is 795 g/mol. The summed E-state index contributed by atoms with van der Waals surface area (Å²) in [4.78, 5) is 75.4. The third kappa shape index (κ3) is 13.5. The molecule has 0 N–H and O–H groups in total. The molecule has 0 aromatic heterocycles. The van der Waals surface area contributed by atoms with Crippen molar-refractivity contribution in [2.45, 2.75) is 63.6 Å². The van der Waals surface area contributed by atoms with Gasteiger partial charge in [-0.1, -0.05) is 61.7 Å². The summed E-state index contributed by atoms with van der Waals surface area (Å²) in [6.07, 6.45) is 6.01. The van der Waals surface area contributed by atoms with Crippen LogP contribution in [0.5, 0.6) is 11.5 Å². The zero-order valence-corrected chi connectivity index (χ0v) is 34.8. The normalized spacial score (nSPS) is 14.4. The third-order valence-electron chi connectivity index (χ3n) is 9.94. The first-order valence-corrected chi connectivity index (χ1v) is 20.6. The molecule has 1 aliphatic rings. The SMILES string of the molecule is C=CC(=O)OCCCCCCOc1ccc(-c2ccc(C(=O)O[C@H]3C(=O)N(C)C(=O)[C@@H]3OC(=O)c3ccc(-c4ccc(OCCCCCCOC(=O)C=C)cc4)cc3)cc2)cc1. The average Bonchev–Trinajstić information content (AvgIpc) is 3.49. The monoisotopic (exact) mass is 845 g/mol. The molecule has 0 saturated carbocycles. The van der Waals surface area contributed by atoms with E-state index < -0.39 is 47.9 Å². The highest BCUT2D eigenvalue weighted by molar-refractivity contribution is 6.10. The molecular formula is C49H51NO12. The summed E-state index contributed by atoms with van der Waals surface area (Å²) in [5.41, 5.74) is 3.69. The van der Waals surface area contributed by atoms with E-state index in [-0.39, 0.29) is 11.1 Å². The standard InChI is InChI=1S/C49H51NO12/c1-4-42(51)59-32-12-8-6-10-30-57-40-26-22-36(23-27-40)34-14-18-38(19-15-34)48(55)61-44-45(47(54)50(3)46(44)53)62-49(56)39-20-16-35(17-21-39)37-24-28-41(29-25-37)58-31-11-7-9-13-33-60-43(52)5-2/h4-5,14-29,44-45H,1-2,6-13,30-33H2,3H3/t44-,45-/m1/s1. The number of likely N-dealkylation sites (tertiary alicyclic amines) is 1. The van der Waals surface area contributed by atoms with Crippen molar-refractivity contribution < 1.29 is 57.2 Å². The minimum atomic E-state index is -1.66. The predicted molar refractivity (Wildman–Crippen MR) is 230 cm³/mol. The molecule has 2 amide bonds. The first-order chi connectivity index (χ1) is 30.1. The Morgan fingerprint density at radius 1 is 0.484 bits per heavy atom. The van der Waals surface area contributed by atoms with Gasteiger partial charge in [0.15, 0.2) is 0 Å². The Balaban J connectivity index is 1.07. The molecule has 1 saturated heterocycles. The molecule has 0 aliphatic carbocycles. The molecule has 1 fully saturated rings. The smallest absolute Gasteiger partial charge is 0.339 e. The predicted octanol–water partition coefficient (Wildman–Crippen LogP) is 8.11. The van der Waals surface area contributed by atoms with Crippen LogP contribution in [0.1, 0.15) is 72.1 Å². The number of rotatable bonds is 24. The fourth-order valence-corrected chi connectivity index (χ4v) is 6.38. The van der Waals surface area contributed by atoms with Gasteiger partial charge in [-0.25, -0.2) is 19.2 Å². The Labute approximate surface area is 361 Å². The van der Waals surface area contributed by atoms with Crippen LogP contribution in [-0.2, 0) is 38.1 Å². The molecule has 62 heavy (non-hydrogen) atoms. The van der Waals surface area contributed by atoms with Gasteiger partial charge in [-0.05, 0) is 122 Å². The second-order valence-corrected chi connectivity index (χ2v) is 14.4. The van der Waals surface area contributed by atoms with Gasteiger partial charge in [-0.15, -0.1) is 0 Å². The highest BCUT2D eigenvalue weighted by Gasteiger charge is 2.51. The van der Waals surface area contributed by atoms with E-state index in [9.17, 15) is 28.8 Å². The van der Waals surface area contributed by atoms with Crippen LogP contribution in [0.2, 0.25) is 0 Å². The molecule has 5 rings (SSSR count). The topological polar surface area (TPSA) is 161 Å². The second-order valence-electron chi connectivity index (χ2n) is 14.4. The van der Waals surface area contributed by atoms with Crippen LogP contribution in [-0.4, -0.2) is 86.3 Å². The molecule has 13 heteroatoms. The molecule has 13 nitrogen and oxygen atoms in total. The van der Waals surface area contributed by atoms with Gasteiger partial charge >= 0.3 is 23.9 Å². The van der Waals surface area contributed by atoms with Gasteiger partial charge in [0.1, 0.15) is 11.5 Å². The first kappa shape index (κ1) is 46.1. The van der Waals surface area contributed by atoms with Gasteiger partial charge in [-0.2, -0.15) is 0 Å². The van der Waals surface area contributed by atoms with Crippen LogP contribution in [0.25, 0.3) is 22.3 Å². The summed E-state index contributed by atoms with van der Waals surface area (Å²) in [6, 6.07) is 28.2. The molecule has 1 heterocycles. The van der Waals surface area contributed by atoms with E-state index in [1.54, 1.807) is 48.5 Å². The molecule has 0 unspecified atom stereocenters. The number of imide groups is 1. The molecule has 324 valence electrons. The van der Waals surface area contributed by atoms with E-state index in [2.05, 4.69) is 13.2 Å². The van der Waals surface area contributed by atoms with Crippen LogP contribution in [0.3, 0.4) is 0 Å². The number of likely N-dealkylation sites (N-methyl/N-ethyl adjacent to an activating group) is 1. The van der Waals surface area contributed by atoms with Gasteiger partial charge in [0.05, 0.1) is 37.6 Å². The fourth-order valence-electron chi connectivity index (χ4n) is 6.38. The average molecular weight is 846 g/mol. The number of hydrogen-bond acceptors (Lipinski definition) is 12. The Kier molecular flexibility index (Phi) is 17.6. The fraction of sp³-hybridized carbons (Fsp3) is 0.306.